The first kappa shape index (κ1) is 19.1. The van der Waals surface area contributed by atoms with Crippen LogP contribution in [0.15, 0.2) is 54.6 Å². The zero-order valence-electron chi connectivity index (χ0n) is 14.8. The molecule has 0 aromatic heterocycles. The highest BCUT2D eigenvalue weighted by molar-refractivity contribution is 5.95. The van der Waals surface area contributed by atoms with Crippen LogP contribution in [0.1, 0.15) is 24.1 Å². The first-order chi connectivity index (χ1) is 12.5. The van der Waals surface area contributed by atoms with Gasteiger partial charge in [-0.2, -0.15) is 0 Å². The smallest absolute Gasteiger partial charge is 0.244 e. The molecule has 0 heterocycles. The third-order valence-corrected chi connectivity index (χ3v) is 3.62. The van der Waals surface area contributed by atoms with Gasteiger partial charge in [0.25, 0.3) is 0 Å². The molecule has 0 saturated heterocycles. The van der Waals surface area contributed by atoms with Gasteiger partial charge in [-0.05, 0) is 36.3 Å². The molecule has 1 unspecified atom stereocenters. The maximum Gasteiger partial charge on any atom is 0.244 e. The van der Waals surface area contributed by atoms with Gasteiger partial charge in [-0.3, -0.25) is 9.59 Å². The second-order valence-corrected chi connectivity index (χ2v) is 5.43. The molecule has 0 bridgehead atoms. The summed E-state index contributed by atoms with van der Waals surface area (Å²) in [6.07, 6.45) is 2.97. The van der Waals surface area contributed by atoms with E-state index in [1.165, 1.54) is 6.08 Å². The molecule has 0 spiro atoms. The fourth-order valence-electron chi connectivity index (χ4n) is 2.39. The van der Waals surface area contributed by atoms with Crippen LogP contribution in [0, 0.1) is 0 Å². The van der Waals surface area contributed by atoms with Crippen molar-refractivity contribution in [1.29, 1.82) is 0 Å². The number of methoxy groups -OCH3 is 1. The molecule has 0 aliphatic heterocycles. The van der Waals surface area contributed by atoms with E-state index in [4.69, 9.17) is 15.2 Å². The molecule has 136 valence electrons. The summed E-state index contributed by atoms with van der Waals surface area (Å²) in [4.78, 5) is 23.8. The van der Waals surface area contributed by atoms with E-state index in [0.717, 1.165) is 5.56 Å². The average Bonchev–Trinajstić information content (AvgIpc) is 2.65. The summed E-state index contributed by atoms with van der Waals surface area (Å²) in [5, 5.41) is 2.61. The highest BCUT2D eigenvalue weighted by Gasteiger charge is 2.18. The van der Waals surface area contributed by atoms with Crippen LogP contribution in [-0.4, -0.2) is 25.5 Å². The number of hydrogen-bond donors (Lipinski definition) is 2. The SMILES string of the molecule is CCOc1cc(/C=C/C(=O)NC(C(N)=O)c2ccccc2)ccc1OC. The molecule has 26 heavy (non-hydrogen) atoms. The summed E-state index contributed by atoms with van der Waals surface area (Å²) >= 11 is 0. The molecule has 0 saturated carbocycles. The Labute approximate surface area is 152 Å². The van der Waals surface area contributed by atoms with Crippen molar-refractivity contribution >= 4 is 17.9 Å². The normalized spacial score (nSPS) is 11.8. The Kier molecular flexibility index (Phi) is 6.79. The lowest BCUT2D eigenvalue weighted by Gasteiger charge is -2.14. The largest absolute Gasteiger partial charge is 0.493 e. The first-order valence-corrected chi connectivity index (χ1v) is 8.18. The molecule has 2 rings (SSSR count). The van der Waals surface area contributed by atoms with E-state index in [9.17, 15) is 9.59 Å². The van der Waals surface area contributed by atoms with Gasteiger partial charge in [0.1, 0.15) is 6.04 Å². The maximum absolute atomic E-state index is 12.2. The molecule has 6 heteroatoms. The Balaban J connectivity index is 2.11. The van der Waals surface area contributed by atoms with Crippen LogP contribution in [0.25, 0.3) is 6.08 Å². The zero-order chi connectivity index (χ0) is 18.9. The Morgan fingerprint density at radius 1 is 1.15 bits per heavy atom. The Morgan fingerprint density at radius 3 is 2.50 bits per heavy atom. The fourth-order valence-corrected chi connectivity index (χ4v) is 2.39. The molecule has 0 radical (unpaired) electrons. The van der Waals surface area contributed by atoms with Crippen LogP contribution < -0.4 is 20.5 Å². The lowest BCUT2D eigenvalue weighted by molar-refractivity contribution is -0.125. The van der Waals surface area contributed by atoms with E-state index in [1.54, 1.807) is 55.7 Å². The van der Waals surface area contributed by atoms with Gasteiger partial charge in [0.15, 0.2) is 11.5 Å². The average molecular weight is 354 g/mol. The lowest BCUT2D eigenvalue weighted by atomic mass is 10.1. The van der Waals surface area contributed by atoms with E-state index in [1.807, 2.05) is 13.0 Å². The number of nitrogens with two attached hydrogens (primary N) is 1. The minimum absolute atomic E-state index is 0.425. The third kappa shape index (κ3) is 5.11. The molecule has 6 nitrogen and oxygen atoms in total. The molecular weight excluding hydrogens is 332 g/mol. The number of amides is 2. The minimum Gasteiger partial charge on any atom is -0.493 e. The van der Waals surface area contributed by atoms with Crippen molar-refractivity contribution in [1.82, 2.24) is 5.32 Å². The molecule has 2 aromatic rings. The molecule has 1 atom stereocenters. The van der Waals surface area contributed by atoms with Gasteiger partial charge in [-0.15, -0.1) is 0 Å². The van der Waals surface area contributed by atoms with E-state index in [0.29, 0.717) is 23.7 Å². The van der Waals surface area contributed by atoms with Gasteiger partial charge in [-0.1, -0.05) is 36.4 Å². The molecule has 2 amide bonds. The summed E-state index contributed by atoms with van der Waals surface area (Å²) in [5.74, 6) is 0.163. The summed E-state index contributed by atoms with van der Waals surface area (Å²) in [5.41, 5.74) is 6.79. The van der Waals surface area contributed by atoms with Gasteiger partial charge < -0.3 is 20.5 Å². The number of benzene rings is 2. The predicted molar refractivity (Wildman–Crippen MR) is 99.7 cm³/mol. The molecule has 0 aliphatic carbocycles. The number of carbonyl (C=O) groups is 2. The number of ether oxygens (including phenoxy) is 2. The molecule has 3 N–H and O–H groups in total. The van der Waals surface area contributed by atoms with Crippen molar-refractivity contribution in [3.8, 4) is 11.5 Å². The Hall–Kier alpha value is -3.28. The topological polar surface area (TPSA) is 90.6 Å². The van der Waals surface area contributed by atoms with E-state index < -0.39 is 17.9 Å². The molecule has 2 aromatic carbocycles. The number of rotatable bonds is 8. The number of carbonyl (C=O) groups excluding carboxylic acids is 2. The van der Waals surface area contributed by atoms with Gasteiger partial charge in [0, 0.05) is 6.08 Å². The second-order valence-electron chi connectivity index (χ2n) is 5.43. The molecule has 0 fully saturated rings. The Morgan fingerprint density at radius 2 is 1.88 bits per heavy atom. The van der Waals surface area contributed by atoms with Crippen LogP contribution in [-0.2, 0) is 9.59 Å². The summed E-state index contributed by atoms with van der Waals surface area (Å²) in [7, 11) is 1.56. The number of nitrogens with one attached hydrogen (secondary N) is 1. The van der Waals surface area contributed by atoms with Crippen molar-refractivity contribution < 1.29 is 19.1 Å². The predicted octanol–water partition coefficient (Wildman–Crippen LogP) is 2.45. The van der Waals surface area contributed by atoms with Crippen molar-refractivity contribution in [3.63, 3.8) is 0 Å². The second kappa shape index (κ2) is 9.27. The quantitative estimate of drug-likeness (QED) is 0.713. The standard InChI is InChI=1S/C20H22N2O4/c1-3-26-17-13-14(9-11-16(17)25-2)10-12-18(23)22-19(20(21)24)15-7-5-4-6-8-15/h4-13,19H,3H2,1-2H3,(H2,21,24)(H,22,23)/b12-10+. The fraction of sp³-hybridized carbons (Fsp3) is 0.200. The Bertz CT molecular complexity index is 788. The summed E-state index contributed by atoms with van der Waals surface area (Å²) in [6.45, 7) is 2.38. The van der Waals surface area contributed by atoms with Crippen molar-refractivity contribution in [3.05, 3.63) is 65.7 Å². The van der Waals surface area contributed by atoms with Gasteiger partial charge in [0.2, 0.25) is 11.8 Å². The molecular formula is C20H22N2O4. The zero-order valence-corrected chi connectivity index (χ0v) is 14.8. The molecule has 0 aliphatic rings. The van der Waals surface area contributed by atoms with Crippen molar-refractivity contribution in [2.24, 2.45) is 5.73 Å². The van der Waals surface area contributed by atoms with Gasteiger partial charge in [-0.25, -0.2) is 0 Å². The lowest BCUT2D eigenvalue weighted by Crippen LogP contribution is -2.36. The van der Waals surface area contributed by atoms with Crippen LogP contribution in [0.4, 0.5) is 0 Å². The summed E-state index contributed by atoms with van der Waals surface area (Å²) in [6, 6.07) is 13.3. The number of hydrogen-bond acceptors (Lipinski definition) is 4. The van der Waals surface area contributed by atoms with Crippen LogP contribution in [0.2, 0.25) is 0 Å². The van der Waals surface area contributed by atoms with Crippen molar-refractivity contribution in [2.45, 2.75) is 13.0 Å². The first-order valence-electron chi connectivity index (χ1n) is 8.18. The van der Waals surface area contributed by atoms with Crippen LogP contribution in [0.3, 0.4) is 0 Å². The highest BCUT2D eigenvalue weighted by Crippen LogP contribution is 2.28. The van der Waals surface area contributed by atoms with Crippen LogP contribution >= 0.6 is 0 Å². The van der Waals surface area contributed by atoms with Crippen molar-refractivity contribution in [2.75, 3.05) is 13.7 Å². The van der Waals surface area contributed by atoms with E-state index >= 15 is 0 Å². The highest BCUT2D eigenvalue weighted by atomic mass is 16.5. The third-order valence-electron chi connectivity index (χ3n) is 3.62. The van der Waals surface area contributed by atoms with E-state index in [-0.39, 0.29) is 0 Å². The van der Waals surface area contributed by atoms with Gasteiger partial charge >= 0.3 is 0 Å². The summed E-state index contributed by atoms with van der Waals surface area (Å²) < 4.78 is 10.7. The van der Waals surface area contributed by atoms with E-state index in [2.05, 4.69) is 5.32 Å². The van der Waals surface area contributed by atoms with Gasteiger partial charge in [0.05, 0.1) is 13.7 Å². The minimum atomic E-state index is -0.886. The maximum atomic E-state index is 12.2. The number of primary amides is 1. The monoisotopic (exact) mass is 354 g/mol. The van der Waals surface area contributed by atoms with Crippen LogP contribution in [0.5, 0.6) is 11.5 Å².